The lowest BCUT2D eigenvalue weighted by molar-refractivity contribution is 0.225. The van der Waals surface area contributed by atoms with Gasteiger partial charge in [0.2, 0.25) is 0 Å². The summed E-state index contributed by atoms with van der Waals surface area (Å²) in [4.78, 5) is 10.5. The first-order valence-electron chi connectivity index (χ1n) is 4.11. The molecule has 0 aromatic heterocycles. The molecule has 1 rings (SSSR count). The molecule has 0 aliphatic carbocycles. The van der Waals surface area contributed by atoms with E-state index in [1.807, 2.05) is 26.0 Å². The van der Waals surface area contributed by atoms with Gasteiger partial charge in [0.25, 0.3) is 0 Å². The zero-order chi connectivity index (χ0) is 9.84. The molecular weight excluding hydrogens is 188 g/mol. The van der Waals surface area contributed by atoms with Crippen LogP contribution in [0.15, 0.2) is 18.2 Å². The van der Waals surface area contributed by atoms with Crippen LogP contribution in [-0.4, -0.2) is 5.43 Å². The molecule has 0 unspecified atom stereocenters. The molecule has 1 aromatic carbocycles. The normalized spacial score (nSPS) is 9.77. The minimum atomic E-state index is -0.791. The van der Waals surface area contributed by atoms with Crippen LogP contribution in [0.25, 0.3) is 0 Å². The maximum atomic E-state index is 10.5. The molecule has 0 N–H and O–H groups in total. The van der Waals surface area contributed by atoms with Crippen LogP contribution in [0.1, 0.15) is 18.1 Å². The quantitative estimate of drug-likeness (QED) is 0.682. The Labute approximate surface area is 82.5 Å². The van der Waals surface area contributed by atoms with Crippen LogP contribution in [0.4, 0.5) is 4.79 Å². The average Bonchev–Trinajstić information content (AvgIpc) is 2.03. The average molecular weight is 199 g/mol. The lowest BCUT2D eigenvalue weighted by atomic mass is 10.1. The highest BCUT2D eigenvalue weighted by molar-refractivity contribution is 6.61. The fourth-order valence-corrected chi connectivity index (χ4v) is 1.39. The number of carbonyl (C=O) groups excluding carboxylic acids is 1. The van der Waals surface area contributed by atoms with E-state index in [4.69, 9.17) is 16.3 Å². The molecule has 0 saturated heterocycles. The molecule has 0 aliphatic rings. The number of hydrogen-bond acceptors (Lipinski definition) is 2. The van der Waals surface area contributed by atoms with E-state index in [1.165, 1.54) is 0 Å². The molecule has 0 aliphatic heterocycles. The Bertz CT molecular complexity index is 321. The number of hydrogen-bond donors (Lipinski definition) is 0. The molecule has 0 fully saturated rings. The Morgan fingerprint density at radius 1 is 1.54 bits per heavy atom. The largest absolute Gasteiger partial charge is 0.414 e. The van der Waals surface area contributed by atoms with Gasteiger partial charge in [-0.2, -0.15) is 0 Å². The van der Waals surface area contributed by atoms with Gasteiger partial charge >= 0.3 is 5.43 Å². The van der Waals surface area contributed by atoms with E-state index in [0.29, 0.717) is 5.75 Å². The van der Waals surface area contributed by atoms with Crippen LogP contribution in [0.3, 0.4) is 0 Å². The molecule has 3 heteroatoms. The van der Waals surface area contributed by atoms with Gasteiger partial charge in [0.05, 0.1) is 0 Å². The van der Waals surface area contributed by atoms with Gasteiger partial charge < -0.3 is 4.74 Å². The van der Waals surface area contributed by atoms with Gasteiger partial charge in [0.1, 0.15) is 5.75 Å². The van der Waals surface area contributed by atoms with Crippen LogP contribution in [0, 0.1) is 6.92 Å². The molecule has 0 saturated carbocycles. The third-order valence-electron chi connectivity index (χ3n) is 1.91. The SMILES string of the molecule is CCc1c(C)cccc1OC(=O)Cl. The van der Waals surface area contributed by atoms with Crippen LogP contribution in [0.2, 0.25) is 0 Å². The van der Waals surface area contributed by atoms with E-state index in [1.54, 1.807) is 6.07 Å². The van der Waals surface area contributed by atoms with Crippen molar-refractivity contribution in [3.63, 3.8) is 0 Å². The molecule has 0 radical (unpaired) electrons. The molecule has 70 valence electrons. The van der Waals surface area contributed by atoms with E-state index in [9.17, 15) is 4.79 Å². The van der Waals surface area contributed by atoms with Gasteiger partial charge in [0, 0.05) is 11.6 Å². The zero-order valence-electron chi connectivity index (χ0n) is 7.63. The Morgan fingerprint density at radius 3 is 2.77 bits per heavy atom. The Balaban J connectivity index is 3.05. The summed E-state index contributed by atoms with van der Waals surface area (Å²) in [6, 6.07) is 5.56. The summed E-state index contributed by atoms with van der Waals surface area (Å²) in [5, 5.41) is 0. The number of benzene rings is 1. The molecule has 0 bridgehead atoms. The van der Waals surface area contributed by atoms with E-state index in [2.05, 4.69) is 0 Å². The first-order valence-corrected chi connectivity index (χ1v) is 4.48. The number of aryl methyl sites for hydroxylation is 1. The van der Waals surface area contributed by atoms with Crippen molar-refractivity contribution in [1.82, 2.24) is 0 Å². The van der Waals surface area contributed by atoms with Crippen molar-refractivity contribution in [2.24, 2.45) is 0 Å². The third kappa shape index (κ3) is 2.46. The molecule has 0 heterocycles. The highest BCUT2D eigenvalue weighted by atomic mass is 35.5. The van der Waals surface area contributed by atoms with Gasteiger partial charge in [-0.3, -0.25) is 0 Å². The molecule has 13 heavy (non-hydrogen) atoms. The molecule has 0 amide bonds. The number of carbonyl (C=O) groups is 1. The zero-order valence-corrected chi connectivity index (χ0v) is 8.39. The van der Waals surface area contributed by atoms with Gasteiger partial charge in [0.15, 0.2) is 0 Å². The summed E-state index contributed by atoms with van der Waals surface area (Å²) in [6.45, 7) is 3.98. The summed E-state index contributed by atoms with van der Waals surface area (Å²) in [5.74, 6) is 0.558. The Kier molecular flexibility index (Phi) is 3.32. The highest BCUT2D eigenvalue weighted by Gasteiger charge is 2.07. The van der Waals surface area contributed by atoms with Gasteiger partial charge in [-0.15, -0.1) is 0 Å². The van der Waals surface area contributed by atoms with E-state index >= 15 is 0 Å². The topological polar surface area (TPSA) is 26.3 Å². The fraction of sp³-hybridized carbons (Fsp3) is 0.300. The molecule has 0 spiro atoms. The second kappa shape index (κ2) is 4.28. The molecule has 1 aromatic rings. The number of rotatable bonds is 2. The van der Waals surface area contributed by atoms with E-state index in [0.717, 1.165) is 17.5 Å². The standard InChI is InChI=1S/C10H11ClO2/c1-3-8-7(2)5-4-6-9(8)13-10(11)12/h4-6H,3H2,1-2H3. The smallest absolute Gasteiger partial charge is 0.409 e. The predicted molar refractivity (Wildman–Crippen MR) is 52.4 cm³/mol. The van der Waals surface area contributed by atoms with Crippen molar-refractivity contribution < 1.29 is 9.53 Å². The number of halogens is 1. The van der Waals surface area contributed by atoms with Crippen LogP contribution in [-0.2, 0) is 6.42 Å². The van der Waals surface area contributed by atoms with Crippen molar-refractivity contribution in [3.05, 3.63) is 29.3 Å². The van der Waals surface area contributed by atoms with Crippen molar-refractivity contribution in [2.45, 2.75) is 20.3 Å². The minimum absolute atomic E-state index is 0.558. The van der Waals surface area contributed by atoms with Gasteiger partial charge in [-0.1, -0.05) is 19.1 Å². The van der Waals surface area contributed by atoms with Crippen LogP contribution in [0.5, 0.6) is 5.75 Å². The second-order valence-electron chi connectivity index (χ2n) is 2.74. The number of ether oxygens (including phenoxy) is 1. The molecule has 0 atom stereocenters. The van der Waals surface area contributed by atoms with Crippen molar-refractivity contribution in [1.29, 1.82) is 0 Å². The van der Waals surface area contributed by atoms with Gasteiger partial charge in [-0.05, 0) is 30.5 Å². The summed E-state index contributed by atoms with van der Waals surface area (Å²) in [7, 11) is 0. The van der Waals surface area contributed by atoms with E-state index < -0.39 is 5.43 Å². The monoisotopic (exact) mass is 198 g/mol. The summed E-state index contributed by atoms with van der Waals surface area (Å²) in [6.07, 6.45) is 0.826. The Hall–Kier alpha value is -1.02. The van der Waals surface area contributed by atoms with Crippen molar-refractivity contribution >= 4 is 17.0 Å². The summed E-state index contributed by atoms with van der Waals surface area (Å²) in [5.41, 5.74) is 1.34. The fourth-order valence-electron chi connectivity index (χ4n) is 1.31. The summed E-state index contributed by atoms with van der Waals surface area (Å²) >= 11 is 5.13. The first kappa shape index (κ1) is 10.1. The third-order valence-corrected chi connectivity index (χ3v) is 1.99. The Morgan fingerprint density at radius 2 is 2.23 bits per heavy atom. The summed E-state index contributed by atoms with van der Waals surface area (Å²) < 4.78 is 4.84. The predicted octanol–water partition coefficient (Wildman–Crippen LogP) is 3.30. The lowest BCUT2D eigenvalue weighted by Crippen LogP contribution is -2.00. The van der Waals surface area contributed by atoms with Crippen LogP contribution >= 0.6 is 11.6 Å². The maximum Gasteiger partial charge on any atom is 0.409 e. The minimum Gasteiger partial charge on any atom is -0.414 e. The van der Waals surface area contributed by atoms with Crippen molar-refractivity contribution in [3.8, 4) is 5.75 Å². The first-order chi connectivity index (χ1) is 6.15. The van der Waals surface area contributed by atoms with E-state index in [-0.39, 0.29) is 0 Å². The van der Waals surface area contributed by atoms with Crippen LogP contribution < -0.4 is 4.74 Å². The van der Waals surface area contributed by atoms with Crippen molar-refractivity contribution in [2.75, 3.05) is 0 Å². The molecular formula is C10H11ClO2. The maximum absolute atomic E-state index is 10.5. The second-order valence-corrected chi connectivity index (χ2v) is 3.05. The van der Waals surface area contributed by atoms with Gasteiger partial charge in [-0.25, -0.2) is 4.79 Å². The molecule has 2 nitrogen and oxygen atoms in total. The lowest BCUT2D eigenvalue weighted by Gasteiger charge is -2.08. The highest BCUT2D eigenvalue weighted by Crippen LogP contribution is 2.22.